The molecule has 4 aromatic rings. The number of furan rings is 1. The highest BCUT2D eigenvalue weighted by molar-refractivity contribution is 5.97. The van der Waals surface area contributed by atoms with Gasteiger partial charge in [-0.05, 0) is 41.5 Å². The van der Waals surface area contributed by atoms with Gasteiger partial charge in [0.1, 0.15) is 11.8 Å². The van der Waals surface area contributed by atoms with Crippen LogP contribution >= 0.6 is 0 Å². The fourth-order valence-electron chi connectivity index (χ4n) is 4.04. The van der Waals surface area contributed by atoms with E-state index >= 15 is 0 Å². The summed E-state index contributed by atoms with van der Waals surface area (Å²) in [6, 6.07) is 18.1. The number of aromatic nitrogens is 1. The number of carbonyl (C=O) groups excluding carboxylic acids is 1. The zero-order valence-corrected chi connectivity index (χ0v) is 17.4. The van der Waals surface area contributed by atoms with Gasteiger partial charge in [-0.15, -0.1) is 0 Å². The Morgan fingerprint density at radius 2 is 1.84 bits per heavy atom. The first kappa shape index (κ1) is 19.3. The van der Waals surface area contributed by atoms with Crippen molar-refractivity contribution in [2.45, 2.75) is 0 Å². The van der Waals surface area contributed by atoms with Crippen LogP contribution in [0.15, 0.2) is 71.5 Å². The molecule has 5 rings (SSSR count). The summed E-state index contributed by atoms with van der Waals surface area (Å²) >= 11 is 0. The lowest BCUT2D eigenvalue weighted by Crippen LogP contribution is -2.43. The van der Waals surface area contributed by atoms with Gasteiger partial charge in [-0.1, -0.05) is 24.3 Å². The summed E-state index contributed by atoms with van der Waals surface area (Å²) in [5, 5.41) is 6.04. The number of hydrogen-bond donors (Lipinski definition) is 2. The Morgan fingerprint density at radius 1 is 1.03 bits per heavy atom. The number of fused-ring (bicyclic) bond motifs is 1. The third-order valence-corrected chi connectivity index (χ3v) is 5.76. The van der Waals surface area contributed by atoms with Crippen LogP contribution in [-0.4, -0.2) is 44.1 Å². The Labute approximate surface area is 180 Å². The van der Waals surface area contributed by atoms with Crippen molar-refractivity contribution in [1.82, 2.24) is 15.6 Å². The van der Waals surface area contributed by atoms with Crippen molar-refractivity contribution in [2.24, 2.45) is 0 Å². The maximum atomic E-state index is 12.0. The minimum atomic E-state index is -0.117. The first-order chi connectivity index (χ1) is 15.2. The third-order valence-electron chi connectivity index (χ3n) is 5.76. The number of rotatable bonds is 4. The van der Waals surface area contributed by atoms with Crippen LogP contribution in [0.25, 0.3) is 33.4 Å². The van der Waals surface area contributed by atoms with Crippen LogP contribution in [-0.2, 0) is 0 Å². The number of benzene rings is 2. The van der Waals surface area contributed by atoms with Gasteiger partial charge >= 0.3 is 0 Å². The van der Waals surface area contributed by atoms with E-state index in [0.29, 0.717) is 5.56 Å². The van der Waals surface area contributed by atoms with Crippen molar-refractivity contribution in [1.29, 1.82) is 0 Å². The molecular weight excluding hydrogens is 388 g/mol. The average molecular weight is 412 g/mol. The summed E-state index contributed by atoms with van der Waals surface area (Å²) in [5.74, 6) is -0.117. The number of anilines is 1. The highest BCUT2D eigenvalue weighted by Gasteiger charge is 2.14. The second-order valence-electron chi connectivity index (χ2n) is 7.66. The molecule has 156 valence electrons. The summed E-state index contributed by atoms with van der Waals surface area (Å²) in [7, 11) is 1.63. The summed E-state index contributed by atoms with van der Waals surface area (Å²) in [6.45, 7) is 4.11. The molecule has 1 aliphatic heterocycles. The van der Waals surface area contributed by atoms with Crippen molar-refractivity contribution < 1.29 is 9.21 Å². The Kier molecular flexibility index (Phi) is 5.14. The van der Waals surface area contributed by atoms with Gasteiger partial charge in [0.2, 0.25) is 0 Å². The van der Waals surface area contributed by atoms with E-state index in [2.05, 4.69) is 44.8 Å². The molecule has 2 aromatic carbocycles. The van der Waals surface area contributed by atoms with Crippen molar-refractivity contribution in [2.75, 3.05) is 38.1 Å². The van der Waals surface area contributed by atoms with Crippen LogP contribution in [0.1, 0.15) is 10.4 Å². The van der Waals surface area contributed by atoms with Crippen molar-refractivity contribution in [3.63, 3.8) is 0 Å². The Morgan fingerprint density at radius 3 is 2.61 bits per heavy atom. The van der Waals surface area contributed by atoms with Gasteiger partial charge < -0.3 is 20.0 Å². The molecule has 0 radical (unpaired) electrons. The fraction of sp³-hybridized carbons (Fsp3) is 0.200. The van der Waals surface area contributed by atoms with Crippen LogP contribution in [0, 0.1) is 0 Å². The largest absolute Gasteiger partial charge is 0.462 e. The number of piperazine rings is 1. The molecule has 2 aromatic heterocycles. The minimum Gasteiger partial charge on any atom is -0.462 e. The molecule has 31 heavy (non-hydrogen) atoms. The Balaban J connectivity index is 1.44. The van der Waals surface area contributed by atoms with Gasteiger partial charge in [0.15, 0.2) is 5.58 Å². The van der Waals surface area contributed by atoms with Crippen molar-refractivity contribution in [3.05, 3.63) is 72.6 Å². The summed E-state index contributed by atoms with van der Waals surface area (Å²) in [6.07, 6.45) is 3.58. The first-order valence-electron chi connectivity index (χ1n) is 10.5. The molecule has 0 aliphatic carbocycles. The maximum Gasteiger partial charge on any atom is 0.251 e. The summed E-state index contributed by atoms with van der Waals surface area (Å²) < 4.78 is 5.83. The van der Waals surface area contributed by atoms with E-state index in [0.717, 1.165) is 59.5 Å². The van der Waals surface area contributed by atoms with E-state index in [1.165, 1.54) is 5.69 Å². The van der Waals surface area contributed by atoms with E-state index < -0.39 is 0 Å². The molecule has 0 bridgehead atoms. The molecule has 1 amide bonds. The lowest BCUT2D eigenvalue weighted by atomic mass is 10.0. The monoisotopic (exact) mass is 412 g/mol. The second kappa shape index (κ2) is 8.24. The van der Waals surface area contributed by atoms with Gasteiger partial charge in [0.05, 0.1) is 0 Å². The van der Waals surface area contributed by atoms with Crippen LogP contribution in [0.3, 0.4) is 0 Å². The number of carbonyl (C=O) groups is 1. The van der Waals surface area contributed by atoms with E-state index in [1.807, 2.05) is 30.5 Å². The normalized spacial score (nSPS) is 14.0. The van der Waals surface area contributed by atoms with Crippen molar-refractivity contribution >= 4 is 22.7 Å². The molecule has 0 atom stereocenters. The molecule has 0 unspecified atom stereocenters. The fourth-order valence-corrected chi connectivity index (χ4v) is 4.04. The van der Waals surface area contributed by atoms with Gasteiger partial charge in [-0.25, -0.2) is 0 Å². The van der Waals surface area contributed by atoms with Crippen molar-refractivity contribution in [3.8, 4) is 22.3 Å². The molecule has 0 saturated carbocycles. The SMILES string of the molecule is CNC(=O)c1cccc(-c2coc3cc(-c4ccc(N5CCNCC5)cc4)cnc23)c1. The van der Waals surface area contributed by atoms with Crippen LogP contribution in [0.4, 0.5) is 5.69 Å². The van der Waals surface area contributed by atoms with Gasteiger partial charge in [-0.2, -0.15) is 0 Å². The molecular formula is C25H24N4O2. The smallest absolute Gasteiger partial charge is 0.251 e. The van der Waals surface area contributed by atoms with Gasteiger partial charge in [-0.3, -0.25) is 9.78 Å². The molecule has 2 N–H and O–H groups in total. The number of nitrogens with zero attached hydrogens (tertiary/aromatic N) is 2. The molecule has 6 nitrogen and oxygen atoms in total. The molecule has 1 saturated heterocycles. The third kappa shape index (κ3) is 3.78. The van der Waals surface area contributed by atoms with Crippen LogP contribution in [0.5, 0.6) is 0 Å². The lowest BCUT2D eigenvalue weighted by molar-refractivity contribution is 0.0963. The average Bonchev–Trinajstić information content (AvgIpc) is 3.27. The van der Waals surface area contributed by atoms with E-state index in [4.69, 9.17) is 4.42 Å². The Bertz CT molecular complexity index is 1220. The van der Waals surface area contributed by atoms with E-state index in [1.54, 1.807) is 19.4 Å². The Hall–Kier alpha value is -3.64. The lowest BCUT2D eigenvalue weighted by Gasteiger charge is -2.29. The predicted octanol–water partition coefficient (Wildman–Crippen LogP) is 3.93. The minimum absolute atomic E-state index is 0.117. The molecule has 1 fully saturated rings. The second-order valence-corrected chi connectivity index (χ2v) is 7.66. The number of pyridine rings is 1. The zero-order valence-electron chi connectivity index (χ0n) is 17.4. The summed E-state index contributed by atoms with van der Waals surface area (Å²) in [4.78, 5) is 19.1. The van der Waals surface area contributed by atoms with E-state index in [-0.39, 0.29) is 5.91 Å². The highest BCUT2D eigenvalue weighted by atomic mass is 16.3. The zero-order chi connectivity index (χ0) is 21.2. The molecule has 1 aliphatic rings. The number of amides is 1. The number of nitrogens with one attached hydrogen (secondary N) is 2. The quantitative estimate of drug-likeness (QED) is 0.532. The van der Waals surface area contributed by atoms with Crippen LogP contribution < -0.4 is 15.5 Å². The predicted molar refractivity (Wildman–Crippen MR) is 123 cm³/mol. The van der Waals surface area contributed by atoms with Gasteiger partial charge in [0.25, 0.3) is 5.91 Å². The van der Waals surface area contributed by atoms with E-state index in [9.17, 15) is 4.79 Å². The molecule has 6 heteroatoms. The molecule has 0 spiro atoms. The van der Waals surface area contributed by atoms with Crippen LogP contribution in [0.2, 0.25) is 0 Å². The highest BCUT2D eigenvalue weighted by Crippen LogP contribution is 2.32. The maximum absolute atomic E-state index is 12.0. The standard InChI is InChI=1S/C25H24N4O2/c1-26-25(30)19-4-2-3-18(13-19)22-16-31-23-14-20(15-28-24(22)23)17-5-7-21(8-6-17)29-11-9-27-10-12-29/h2-8,13-16,27H,9-12H2,1H3,(H,26,30). The van der Waals surface area contributed by atoms with Gasteiger partial charge in [0, 0.05) is 61.8 Å². The topological polar surface area (TPSA) is 70.4 Å². The molecule has 3 heterocycles. The summed E-state index contributed by atoms with van der Waals surface area (Å²) in [5.41, 5.74) is 7.26. The first-order valence-corrected chi connectivity index (χ1v) is 10.5. The number of hydrogen-bond acceptors (Lipinski definition) is 5.